The molecule has 2 amide bonds. The molecule has 0 aliphatic heterocycles. The van der Waals surface area contributed by atoms with Gasteiger partial charge in [0.2, 0.25) is 5.91 Å². The lowest BCUT2D eigenvalue weighted by atomic mass is 9.63. The second kappa shape index (κ2) is 23.0. The average molecular weight is 715 g/mol. The minimum absolute atomic E-state index is 0.0341. The van der Waals surface area contributed by atoms with E-state index < -0.39 is 0 Å². The van der Waals surface area contributed by atoms with E-state index >= 15 is 0 Å². The molecular formula is C48H62N2O3. The van der Waals surface area contributed by atoms with Crippen molar-refractivity contribution in [1.29, 1.82) is 0 Å². The number of carbonyl (C=O) groups is 3. The number of ketones is 1. The Kier molecular flexibility index (Phi) is 18.5. The minimum atomic E-state index is -0.205. The lowest BCUT2D eigenvalue weighted by molar-refractivity contribution is -0.120. The van der Waals surface area contributed by atoms with E-state index in [0.29, 0.717) is 37.1 Å². The lowest BCUT2D eigenvalue weighted by Gasteiger charge is -2.42. The highest BCUT2D eigenvalue weighted by Crippen LogP contribution is 2.45. The van der Waals surface area contributed by atoms with Crippen molar-refractivity contribution in [3.63, 3.8) is 0 Å². The zero-order valence-corrected chi connectivity index (χ0v) is 32.8. The van der Waals surface area contributed by atoms with E-state index in [4.69, 9.17) is 0 Å². The van der Waals surface area contributed by atoms with E-state index in [1.165, 1.54) is 11.1 Å². The average Bonchev–Trinajstić information content (AvgIpc) is 3.15. The van der Waals surface area contributed by atoms with Gasteiger partial charge in [0.05, 0.1) is 0 Å². The topological polar surface area (TPSA) is 75.3 Å². The monoisotopic (exact) mass is 714 g/mol. The van der Waals surface area contributed by atoms with Gasteiger partial charge in [-0.25, -0.2) is 0 Å². The molecular weight excluding hydrogens is 653 g/mol. The molecule has 0 bridgehead atoms. The highest BCUT2D eigenvalue weighted by Gasteiger charge is 2.37. The van der Waals surface area contributed by atoms with Crippen LogP contribution in [0.15, 0.2) is 121 Å². The zero-order chi connectivity index (χ0) is 38.4. The van der Waals surface area contributed by atoms with Crippen molar-refractivity contribution < 1.29 is 14.4 Å². The molecule has 0 atom stereocenters. The number of benzene rings is 2. The van der Waals surface area contributed by atoms with Gasteiger partial charge >= 0.3 is 0 Å². The lowest BCUT2D eigenvalue weighted by Crippen LogP contribution is -2.34. The van der Waals surface area contributed by atoms with Crippen LogP contribution in [0.5, 0.6) is 0 Å². The van der Waals surface area contributed by atoms with Crippen molar-refractivity contribution in [3.05, 3.63) is 149 Å². The van der Waals surface area contributed by atoms with Crippen molar-refractivity contribution in [3.8, 4) is 0 Å². The van der Waals surface area contributed by atoms with Gasteiger partial charge in [-0.3, -0.25) is 14.4 Å². The predicted molar refractivity (Wildman–Crippen MR) is 224 cm³/mol. The van der Waals surface area contributed by atoms with Crippen molar-refractivity contribution in [2.24, 2.45) is 0 Å². The quantitative estimate of drug-likeness (QED) is 0.0585. The van der Waals surface area contributed by atoms with Crippen LogP contribution in [0, 0.1) is 0 Å². The summed E-state index contributed by atoms with van der Waals surface area (Å²) >= 11 is 0. The summed E-state index contributed by atoms with van der Waals surface area (Å²) in [6.07, 6.45) is 38.5. The number of amides is 2. The third-order valence-electron chi connectivity index (χ3n) is 9.60. The van der Waals surface area contributed by atoms with Crippen LogP contribution in [-0.2, 0) is 15.6 Å². The second-order valence-corrected chi connectivity index (χ2v) is 14.9. The Morgan fingerprint density at radius 2 is 1.09 bits per heavy atom. The number of fused-ring (bicyclic) bond motifs is 1. The molecule has 0 saturated heterocycles. The molecule has 1 aliphatic rings. The van der Waals surface area contributed by atoms with Crippen LogP contribution in [0.1, 0.15) is 136 Å². The van der Waals surface area contributed by atoms with Gasteiger partial charge in [-0.05, 0) is 110 Å². The number of allylic oxidation sites excluding steroid dienone is 13. The first kappa shape index (κ1) is 42.6. The molecule has 5 heteroatoms. The first-order valence-electron chi connectivity index (χ1n) is 19.5. The number of hydrogen-bond acceptors (Lipinski definition) is 3. The van der Waals surface area contributed by atoms with E-state index in [1.807, 2.05) is 24.3 Å². The summed E-state index contributed by atoms with van der Waals surface area (Å²) in [5.41, 5.74) is 4.82. The Bertz CT molecular complexity index is 1680. The molecule has 0 fully saturated rings. The summed E-state index contributed by atoms with van der Waals surface area (Å²) in [6.45, 7) is 11.9. The van der Waals surface area contributed by atoms with Gasteiger partial charge in [0, 0.05) is 30.6 Å². The summed E-state index contributed by atoms with van der Waals surface area (Å²) in [5, 5.41) is 5.71. The predicted octanol–water partition coefficient (Wildman–Crippen LogP) is 11.3. The van der Waals surface area contributed by atoms with Gasteiger partial charge in [0.25, 0.3) is 5.91 Å². The molecule has 0 aromatic heterocycles. The third kappa shape index (κ3) is 15.8. The third-order valence-corrected chi connectivity index (χ3v) is 9.60. The Hall–Kier alpha value is -4.77. The molecule has 2 aromatic carbocycles. The fourth-order valence-electron chi connectivity index (χ4n) is 6.18. The standard InChI is InChI=1S/C48H62N2O3/c1-6-7-8-9-10-11-12-13-14-15-16-17-18-19-20-21-22-23-24-25-45(52)49-36-37-50-46(53)40-29-26-39(27-30-40)28-33-44(51)41-31-32-42-43(38-41)48(4,5)35-34-47(42,2)3/h7-8,10-11,13-14,16-17,19-20,22-23,26-33,38H,6,9,12,15,18,21,24-25,34-37H2,1-5H3,(H,49,52)(H,50,53)/b8-7-,11-10-,14-13-,17-16-,20-19-,23-22-,33-28+. The smallest absolute Gasteiger partial charge is 0.251 e. The number of hydrogen-bond donors (Lipinski definition) is 2. The SMILES string of the molecule is CC/C=C\C/C=C\C/C=C\C/C=C\C/C=C\C/C=C\CCC(=O)NCCNC(=O)c1ccc(/C=C/C(=O)c2ccc3c(c2)C(C)(C)CCC3(C)C)cc1. The Morgan fingerprint density at radius 3 is 1.66 bits per heavy atom. The van der Waals surface area contributed by atoms with E-state index in [9.17, 15) is 14.4 Å². The van der Waals surface area contributed by atoms with Gasteiger partial charge < -0.3 is 10.6 Å². The van der Waals surface area contributed by atoms with Crippen molar-refractivity contribution >= 4 is 23.7 Å². The highest BCUT2D eigenvalue weighted by atomic mass is 16.2. The summed E-state index contributed by atoms with van der Waals surface area (Å²) in [5.74, 6) is -0.274. The van der Waals surface area contributed by atoms with Crippen molar-refractivity contribution in [2.75, 3.05) is 13.1 Å². The molecule has 1 aliphatic carbocycles. The van der Waals surface area contributed by atoms with Gasteiger partial charge in [-0.1, -0.05) is 138 Å². The molecule has 3 rings (SSSR count). The summed E-state index contributed by atoms with van der Waals surface area (Å²) < 4.78 is 0. The summed E-state index contributed by atoms with van der Waals surface area (Å²) in [6, 6.07) is 13.3. The minimum Gasteiger partial charge on any atom is -0.354 e. The number of carbonyl (C=O) groups excluding carboxylic acids is 3. The fraction of sp³-hybridized carbons (Fsp3) is 0.396. The molecule has 2 aromatic rings. The fourth-order valence-corrected chi connectivity index (χ4v) is 6.18. The van der Waals surface area contributed by atoms with Gasteiger partial charge in [-0.15, -0.1) is 0 Å². The summed E-state index contributed by atoms with van der Waals surface area (Å²) in [4.78, 5) is 37.8. The molecule has 282 valence electrons. The maximum absolute atomic E-state index is 13.1. The maximum Gasteiger partial charge on any atom is 0.251 e. The number of rotatable bonds is 21. The van der Waals surface area contributed by atoms with Crippen LogP contribution in [0.4, 0.5) is 0 Å². The molecule has 53 heavy (non-hydrogen) atoms. The van der Waals surface area contributed by atoms with Crippen LogP contribution >= 0.6 is 0 Å². The molecule has 2 N–H and O–H groups in total. The van der Waals surface area contributed by atoms with Crippen LogP contribution in [0.2, 0.25) is 0 Å². The Balaban J connectivity index is 1.26. The maximum atomic E-state index is 13.1. The van der Waals surface area contributed by atoms with Gasteiger partial charge in [0.15, 0.2) is 5.78 Å². The van der Waals surface area contributed by atoms with E-state index in [2.05, 4.69) is 124 Å². The summed E-state index contributed by atoms with van der Waals surface area (Å²) in [7, 11) is 0. The molecule has 0 radical (unpaired) electrons. The van der Waals surface area contributed by atoms with Crippen molar-refractivity contribution in [1.82, 2.24) is 10.6 Å². The Labute approximate surface area is 319 Å². The molecule has 0 spiro atoms. The Morgan fingerprint density at radius 1 is 0.604 bits per heavy atom. The van der Waals surface area contributed by atoms with Gasteiger partial charge in [0.1, 0.15) is 0 Å². The number of nitrogens with one attached hydrogen (secondary N) is 2. The molecule has 0 heterocycles. The second-order valence-electron chi connectivity index (χ2n) is 14.9. The van der Waals surface area contributed by atoms with E-state index in [-0.39, 0.29) is 28.4 Å². The van der Waals surface area contributed by atoms with Crippen LogP contribution in [-0.4, -0.2) is 30.7 Å². The first-order chi connectivity index (χ1) is 25.5. The van der Waals surface area contributed by atoms with Crippen LogP contribution < -0.4 is 10.6 Å². The van der Waals surface area contributed by atoms with E-state index in [1.54, 1.807) is 24.3 Å². The normalized spacial score (nSPS) is 15.5. The highest BCUT2D eigenvalue weighted by molar-refractivity contribution is 6.07. The first-order valence-corrected chi connectivity index (χ1v) is 19.5. The van der Waals surface area contributed by atoms with Crippen LogP contribution in [0.3, 0.4) is 0 Å². The van der Waals surface area contributed by atoms with Gasteiger partial charge in [-0.2, -0.15) is 0 Å². The molecule has 5 nitrogen and oxygen atoms in total. The zero-order valence-electron chi connectivity index (χ0n) is 32.8. The molecule has 0 unspecified atom stereocenters. The molecule has 0 saturated carbocycles. The van der Waals surface area contributed by atoms with E-state index in [0.717, 1.165) is 56.9 Å². The largest absolute Gasteiger partial charge is 0.354 e. The van der Waals surface area contributed by atoms with Crippen molar-refractivity contribution in [2.45, 2.75) is 110 Å². The van der Waals surface area contributed by atoms with Crippen LogP contribution in [0.25, 0.3) is 6.08 Å².